The zero-order chi connectivity index (χ0) is 13.1. The van der Waals surface area contributed by atoms with Crippen LogP contribution in [0.1, 0.15) is 39.5 Å². The van der Waals surface area contributed by atoms with Gasteiger partial charge in [0.1, 0.15) is 5.15 Å². The quantitative estimate of drug-likeness (QED) is 0.777. The van der Waals surface area contributed by atoms with E-state index in [9.17, 15) is 0 Å². The van der Waals surface area contributed by atoms with Crippen LogP contribution in [-0.4, -0.2) is 11.0 Å². The third kappa shape index (κ3) is 3.61. The fourth-order valence-electron chi connectivity index (χ4n) is 2.70. The molecule has 1 saturated carbocycles. The van der Waals surface area contributed by atoms with Crippen molar-refractivity contribution in [2.45, 2.75) is 45.6 Å². The summed E-state index contributed by atoms with van der Waals surface area (Å²) in [6, 6.07) is 2.58. The van der Waals surface area contributed by atoms with Gasteiger partial charge in [0.2, 0.25) is 0 Å². The molecule has 2 rings (SSSR count). The highest BCUT2D eigenvalue weighted by molar-refractivity contribution is 9.10. The van der Waals surface area contributed by atoms with Gasteiger partial charge in [-0.05, 0) is 46.7 Å². The molecule has 1 heterocycles. The standard InChI is InChI=1S/C14H20BrClN2/c1-9(2)10-4-3-5-11(6-10)18-12-7-13(15)14(16)17-8-12/h7-11,18H,3-6H2,1-2H3. The average molecular weight is 332 g/mol. The fourth-order valence-corrected chi connectivity index (χ4v) is 3.15. The van der Waals surface area contributed by atoms with Crippen LogP contribution in [-0.2, 0) is 0 Å². The minimum Gasteiger partial charge on any atom is -0.381 e. The van der Waals surface area contributed by atoms with Crippen molar-refractivity contribution in [1.82, 2.24) is 4.98 Å². The van der Waals surface area contributed by atoms with Gasteiger partial charge in [-0.15, -0.1) is 0 Å². The van der Waals surface area contributed by atoms with Crippen LogP contribution in [0.5, 0.6) is 0 Å². The predicted molar refractivity (Wildman–Crippen MR) is 81.2 cm³/mol. The van der Waals surface area contributed by atoms with Gasteiger partial charge in [-0.2, -0.15) is 0 Å². The Bertz CT molecular complexity index is 409. The first-order valence-electron chi connectivity index (χ1n) is 6.64. The Kier molecular flexibility index (Phi) is 4.91. The lowest BCUT2D eigenvalue weighted by atomic mass is 9.79. The van der Waals surface area contributed by atoms with Crippen molar-refractivity contribution in [2.75, 3.05) is 5.32 Å². The second-order valence-corrected chi connectivity index (χ2v) is 6.72. The van der Waals surface area contributed by atoms with Gasteiger partial charge in [0.25, 0.3) is 0 Å². The molecule has 0 aliphatic heterocycles. The topological polar surface area (TPSA) is 24.9 Å². The minimum absolute atomic E-state index is 0.518. The first-order valence-corrected chi connectivity index (χ1v) is 7.81. The number of hydrogen-bond donors (Lipinski definition) is 1. The second-order valence-electron chi connectivity index (χ2n) is 5.51. The smallest absolute Gasteiger partial charge is 0.143 e. The van der Waals surface area contributed by atoms with Crippen LogP contribution < -0.4 is 5.32 Å². The summed E-state index contributed by atoms with van der Waals surface area (Å²) in [6.07, 6.45) is 7.02. The molecule has 2 nitrogen and oxygen atoms in total. The molecule has 2 atom stereocenters. The molecule has 100 valence electrons. The van der Waals surface area contributed by atoms with Gasteiger partial charge >= 0.3 is 0 Å². The zero-order valence-corrected chi connectivity index (χ0v) is 13.3. The van der Waals surface area contributed by atoms with Crippen LogP contribution in [0, 0.1) is 11.8 Å². The van der Waals surface area contributed by atoms with E-state index in [1.165, 1.54) is 25.7 Å². The number of hydrogen-bond acceptors (Lipinski definition) is 2. The second kappa shape index (κ2) is 6.25. The number of rotatable bonds is 3. The van der Waals surface area contributed by atoms with E-state index in [1.807, 2.05) is 12.3 Å². The summed E-state index contributed by atoms with van der Waals surface area (Å²) in [7, 11) is 0. The van der Waals surface area contributed by atoms with Crippen LogP contribution >= 0.6 is 27.5 Å². The monoisotopic (exact) mass is 330 g/mol. The highest BCUT2D eigenvalue weighted by atomic mass is 79.9. The Balaban J connectivity index is 1.98. The van der Waals surface area contributed by atoms with E-state index in [1.54, 1.807) is 0 Å². The normalized spacial score (nSPS) is 24.3. The molecule has 1 aromatic rings. The van der Waals surface area contributed by atoms with Crippen molar-refractivity contribution >= 4 is 33.2 Å². The molecule has 1 aliphatic rings. The SMILES string of the molecule is CC(C)C1CCCC(Nc2cnc(Cl)c(Br)c2)C1. The van der Waals surface area contributed by atoms with Crippen molar-refractivity contribution in [3.63, 3.8) is 0 Å². The molecule has 0 aromatic carbocycles. The zero-order valence-electron chi connectivity index (χ0n) is 10.9. The molecule has 0 bridgehead atoms. The van der Waals surface area contributed by atoms with Crippen molar-refractivity contribution in [1.29, 1.82) is 0 Å². The number of nitrogens with one attached hydrogen (secondary N) is 1. The summed E-state index contributed by atoms with van der Waals surface area (Å²) >= 11 is 9.31. The van der Waals surface area contributed by atoms with Gasteiger partial charge in [0.15, 0.2) is 0 Å². The summed E-state index contributed by atoms with van der Waals surface area (Å²) in [4.78, 5) is 4.15. The molecule has 1 aromatic heterocycles. The van der Waals surface area contributed by atoms with E-state index in [-0.39, 0.29) is 0 Å². The van der Waals surface area contributed by atoms with E-state index < -0.39 is 0 Å². The Labute approximate surface area is 123 Å². The van der Waals surface area contributed by atoms with Gasteiger partial charge in [-0.25, -0.2) is 4.98 Å². The molecule has 0 radical (unpaired) electrons. The van der Waals surface area contributed by atoms with Gasteiger partial charge in [0, 0.05) is 6.04 Å². The Morgan fingerprint density at radius 1 is 1.44 bits per heavy atom. The maximum atomic E-state index is 5.90. The molecule has 1 fully saturated rings. The highest BCUT2D eigenvalue weighted by Gasteiger charge is 2.24. The van der Waals surface area contributed by atoms with Crippen LogP contribution in [0.2, 0.25) is 5.15 Å². The van der Waals surface area contributed by atoms with Gasteiger partial charge in [-0.1, -0.05) is 38.3 Å². The maximum absolute atomic E-state index is 5.90. The number of pyridine rings is 1. The van der Waals surface area contributed by atoms with E-state index >= 15 is 0 Å². The van der Waals surface area contributed by atoms with Gasteiger partial charge in [-0.3, -0.25) is 0 Å². The van der Waals surface area contributed by atoms with Crippen molar-refractivity contribution in [2.24, 2.45) is 11.8 Å². The first kappa shape index (κ1) is 14.1. The molecule has 0 saturated heterocycles. The summed E-state index contributed by atoms with van der Waals surface area (Å²) in [5.74, 6) is 1.63. The Morgan fingerprint density at radius 3 is 2.89 bits per heavy atom. The van der Waals surface area contributed by atoms with Crippen molar-refractivity contribution in [3.8, 4) is 0 Å². The predicted octanol–water partition coefficient (Wildman–Crippen LogP) is 5.12. The minimum atomic E-state index is 0.518. The number of anilines is 1. The lowest BCUT2D eigenvalue weighted by Gasteiger charge is -2.32. The number of halogens is 2. The van der Waals surface area contributed by atoms with Crippen molar-refractivity contribution in [3.05, 3.63) is 21.9 Å². The summed E-state index contributed by atoms with van der Waals surface area (Å²) in [6.45, 7) is 4.65. The van der Waals surface area contributed by atoms with E-state index in [2.05, 4.69) is 40.1 Å². The van der Waals surface area contributed by atoms with Crippen LogP contribution in [0.25, 0.3) is 0 Å². The molecule has 2 unspecified atom stereocenters. The largest absolute Gasteiger partial charge is 0.381 e. The van der Waals surface area contributed by atoms with Gasteiger partial charge in [0.05, 0.1) is 16.4 Å². The number of nitrogens with zero attached hydrogens (tertiary/aromatic N) is 1. The summed E-state index contributed by atoms with van der Waals surface area (Å²) in [5, 5.41) is 4.10. The molecule has 1 aliphatic carbocycles. The lowest BCUT2D eigenvalue weighted by Crippen LogP contribution is -2.29. The number of aromatic nitrogens is 1. The fraction of sp³-hybridized carbons (Fsp3) is 0.643. The molecule has 0 spiro atoms. The lowest BCUT2D eigenvalue weighted by molar-refractivity contribution is 0.264. The Morgan fingerprint density at radius 2 is 2.22 bits per heavy atom. The van der Waals surface area contributed by atoms with E-state index in [0.717, 1.165) is 22.0 Å². The maximum Gasteiger partial charge on any atom is 0.143 e. The van der Waals surface area contributed by atoms with Crippen molar-refractivity contribution < 1.29 is 0 Å². The highest BCUT2D eigenvalue weighted by Crippen LogP contribution is 2.32. The van der Waals surface area contributed by atoms with Gasteiger partial charge < -0.3 is 5.32 Å². The summed E-state index contributed by atoms with van der Waals surface area (Å²) < 4.78 is 0.852. The molecule has 0 amide bonds. The van der Waals surface area contributed by atoms with Crippen LogP contribution in [0.3, 0.4) is 0 Å². The molecule has 18 heavy (non-hydrogen) atoms. The molecular formula is C14H20BrClN2. The van der Waals surface area contributed by atoms with Crippen LogP contribution in [0.4, 0.5) is 5.69 Å². The average Bonchev–Trinajstić information content (AvgIpc) is 2.34. The van der Waals surface area contributed by atoms with E-state index in [4.69, 9.17) is 11.6 Å². The first-order chi connectivity index (χ1) is 8.56. The van der Waals surface area contributed by atoms with Crippen LogP contribution in [0.15, 0.2) is 16.7 Å². The molecular weight excluding hydrogens is 312 g/mol. The third-order valence-corrected chi connectivity index (χ3v) is 4.96. The Hall–Kier alpha value is -0.280. The summed E-state index contributed by atoms with van der Waals surface area (Å²) in [5.41, 5.74) is 1.06. The molecule has 4 heteroatoms. The molecule has 1 N–H and O–H groups in total. The third-order valence-electron chi connectivity index (χ3n) is 3.82. The van der Waals surface area contributed by atoms with E-state index in [0.29, 0.717) is 11.2 Å².